The molecule has 0 aromatic heterocycles. The number of carbonyl (C=O) groups is 1. The maximum absolute atomic E-state index is 11.6. The van der Waals surface area contributed by atoms with Gasteiger partial charge in [-0.2, -0.15) is 0 Å². The minimum atomic E-state index is -0.519. The number of hydrogen-bond donors (Lipinski definition) is 2. The van der Waals surface area contributed by atoms with Crippen molar-refractivity contribution >= 4 is 17.7 Å². The van der Waals surface area contributed by atoms with Gasteiger partial charge in [-0.25, -0.2) is 0 Å². The molecule has 1 saturated heterocycles. The van der Waals surface area contributed by atoms with Gasteiger partial charge in [-0.1, -0.05) is 0 Å². The van der Waals surface area contributed by atoms with Crippen LogP contribution in [0.5, 0.6) is 0 Å². The van der Waals surface area contributed by atoms with Crippen molar-refractivity contribution in [2.75, 3.05) is 12.3 Å². The van der Waals surface area contributed by atoms with Crippen molar-refractivity contribution in [3.05, 3.63) is 0 Å². The van der Waals surface area contributed by atoms with Gasteiger partial charge >= 0.3 is 5.97 Å². The van der Waals surface area contributed by atoms with Gasteiger partial charge in [0, 0.05) is 12.3 Å². The van der Waals surface area contributed by atoms with Gasteiger partial charge < -0.3 is 10.4 Å². The maximum Gasteiger partial charge on any atom is 0.309 e. The van der Waals surface area contributed by atoms with E-state index in [0.717, 1.165) is 25.8 Å². The van der Waals surface area contributed by atoms with Gasteiger partial charge in [0.05, 0.1) is 10.3 Å². The average Bonchev–Trinajstić information content (AvgIpc) is 2.75. The molecule has 5 fully saturated rings. The van der Waals surface area contributed by atoms with Crippen molar-refractivity contribution in [2.24, 2.45) is 23.2 Å². The van der Waals surface area contributed by atoms with E-state index in [4.69, 9.17) is 0 Å². The normalized spacial score (nSPS) is 55.6. The first-order chi connectivity index (χ1) is 8.15. The Hall–Kier alpha value is -0.220. The van der Waals surface area contributed by atoms with Crippen molar-refractivity contribution in [1.29, 1.82) is 0 Å². The van der Waals surface area contributed by atoms with Crippen molar-refractivity contribution in [3.63, 3.8) is 0 Å². The van der Waals surface area contributed by atoms with Crippen molar-refractivity contribution in [1.82, 2.24) is 5.32 Å². The summed E-state index contributed by atoms with van der Waals surface area (Å²) in [5, 5.41) is 13.3. The Morgan fingerprint density at radius 1 is 1.24 bits per heavy atom. The molecule has 5 rings (SSSR count). The molecule has 4 aliphatic carbocycles. The van der Waals surface area contributed by atoms with Crippen LogP contribution in [0.1, 0.15) is 32.1 Å². The number of aliphatic carboxylic acids is 1. The third-order valence-electron chi connectivity index (χ3n) is 5.70. The van der Waals surface area contributed by atoms with E-state index in [1.54, 1.807) is 0 Å². The van der Waals surface area contributed by atoms with Crippen molar-refractivity contribution in [3.8, 4) is 0 Å². The fourth-order valence-corrected chi connectivity index (χ4v) is 6.85. The quantitative estimate of drug-likeness (QED) is 0.749. The Balaban J connectivity index is 1.74. The highest BCUT2D eigenvalue weighted by molar-refractivity contribution is 8.00. The highest BCUT2D eigenvalue weighted by Gasteiger charge is 2.65. The van der Waals surface area contributed by atoms with Gasteiger partial charge in [-0.05, 0) is 49.9 Å². The number of hydrogen-bond acceptors (Lipinski definition) is 3. The minimum Gasteiger partial charge on any atom is -0.481 e. The molecule has 4 saturated carbocycles. The zero-order chi connectivity index (χ0) is 11.7. The minimum absolute atomic E-state index is 0.260. The molecule has 4 bridgehead atoms. The second-order valence-corrected chi connectivity index (χ2v) is 7.87. The van der Waals surface area contributed by atoms with Crippen LogP contribution < -0.4 is 5.32 Å². The zero-order valence-electron chi connectivity index (χ0n) is 9.95. The summed E-state index contributed by atoms with van der Waals surface area (Å²) in [7, 11) is 0. The van der Waals surface area contributed by atoms with Crippen molar-refractivity contribution < 1.29 is 9.90 Å². The van der Waals surface area contributed by atoms with E-state index in [1.807, 2.05) is 0 Å². The Morgan fingerprint density at radius 2 is 1.94 bits per heavy atom. The molecule has 0 aromatic carbocycles. The fraction of sp³-hybridized carbons (Fsp3) is 0.923. The summed E-state index contributed by atoms with van der Waals surface area (Å²) in [6.07, 6.45) is 5.35. The number of rotatable bonds is 1. The van der Waals surface area contributed by atoms with Gasteiger partial charge in [-0.3, -0.25) is 4.79 Å². The lowest BCUT2D eigenvalue weighted by atomic mass is 9.47. The van der Waals surface area contributed by atoms with Crippen LogP contribution in [0.25, 0.3) is 0 Å². The standard InChI is InChI=1S/C13H19NO2S/c15-11(16)12-5-8-3-9(6-12)13(10(4-8)7-12)14-1-2-17-13/h8-10,14H,1-7H2,(H,15,16)/t8?,9-,10+,12?,13?. The monoisotopic (exact) mass is 253 g/mol. The Kier molecular flexibility index (Phi) is 2.02. The average molecular weight is 253 g/mol. The van der Waals surface area contributed by atoms with Gasteiger partial charge in [0.2, 0.25) is 0 Å². The topological polar surface area (TPSA) is 49.3 Å². The van der Waals surface area contributed by atoms with Gasteiger partial charge in [0.1, 0.15) is 0 Å². The Morgan fingerprint density at radius 3 is 2.47 bits per heavy atom. The Bertz CT molecular complexity index is 360. The van der Waals surface area contributed by atoms with E-state index in [-0.39, 0.29) is 10.3 Å². The molecular formula is C13H19NO2S. The van der Waals surface area contributed by atoms with E-state index < -0.39 is 5.97 Å². The van der Waals surface area contributed by atoms with Crippen molar-refractivity contribution in [2.45, 2.75) is 37.0 Å². The molecule has 1 spiro atoms. The van der Waals surface area contributed by atoms with Crippen LogP contribution >= 0.6 is 11.8 Å². The summed E-state index contributed by atoms with van der Waals surface area (Å²) >= 11 is 2.09. The molecule has 0 amide bonds. The second-order valence-electron chi connectivity index (χ2n) is 6.50. The van der Waals surface area contributed by atoms with Crippen LogP contribution in [0.15, 0.2) is 0 Å². The lowest BCUT2D eigenvalue weighted by molar-refractivity contribution is -0.169. The first kappa shape index (κ1) is 10.7. The van der Waals surface area contributed by atoms with Gasteiger partial charge in [0.15, 0.2) is 0 Å². The lowest BCUT2D eigenvalue weighted by Crippen LogP contribution is -2.65. The Labute approximate surface area is 106 Å². The molecule has 3 nitrogen and oxygen atoms in total. The molecule has 94 valence electrons. The predicted octanol–water partition coefficient (Wildman–Crippen LogP) is 1.93. The molecule has 5 aliphatic rings. The van der Waals surface area contributed by atoms with Crippen LogP contribution in [-0.2, 0) is 4.79 Å². The third kappa shape index (κ3) is 1.21. The maximum atomic E-state index is 11.6. The van der Waals surface area contributed by atoms with E-state index in [0.29, 0.717) is 17.8 Å². The first-order valence-corrected chi connectivity index (χ1v) is 7.76. The molecule has 4 heteroatoms. The highest BCUT2D eigenvalue weighted by atomic mass is 32.2. The predicted molar refractivity (Wildman–Crippen MR) is 66.8 cm³/mol. The molecule has 2 N–H and O–H groups in total. The van der Waals surface area contributed by atoms with E-state index >= 15 is 0 Å². The van der Waals surface area contributed by atoms with E-state index in [1.165, 1.54) is 18.6 Å². The lowest BCUT2D eigenvalue weighted by Gasteiger charge is -2.62. The molecule has 1 aliphatic heterocycles. The highest BCUT2D eigenvalue weighted by Crippen LogP contribution is 2.66. The first-order valence-electron chi connectivity index (χ1n) is 6.77. The summed E-state index contributed by atoms with van der Waals surface area (Å²) in [4.78, 5) is 11.9. The number of thioether (sulfide) groups is 1. The largest absolute Gasteiger partial charge is 0.481 e. The second kappa shape index (κ2) is 3.21. The van der Waals surface area contributed by atoms with Crippen LogP contribution in [-0.4, -0.2) is 28.2 Å². The SMILES string of the molecule is O=C(O)C12CC3C[C@H](C1)C1(NCCS1)[C@@H](C3)C2. The van der Waals surface area contributed by atoms with E-state index in [9.17, 15) is 9.90 Å². The summed E-state index contributed by atoms with van der Waals surface area (Å²) in [6.45, 7) is 1.11. The fourth-order valence-electron chi connectivity index (χ4n) is 5.27. The summed E-state index contributed by atoms with van der Waals surface area (Å²) in [6, 6.07) is 0. The molecular weight excluding hydrogens is 234 g/mol. The van der Waals surface area contributed by atoms with Crippen LogP contribution in [0, 0.1) is 23.2 Å². The van der Waals surface area contributed by atoms with Crippen LogP contribution in [0.4, 0.5) is 0 Å². The summed E-state index contributed by atoms with van der Waals surface area (Å²) < 4.78 is 0. The molecule has 0 aromatic rings. The van der Waals surface area contributed by atoms with E-state index in [2.05, 4.69) is 17.1 Å². The smallest absolute Gasteiger partial charge is 0.309 e. The van der Waals surface area contributed by atoms with Crippen LogP contribution in [0.3, 0.4) is 0 Å². The summed E-state index contributed by atoms with van der Waals surface area (Å²) in [5.41, 5.74) is -0.355. The van der Waals surface area contributed by atoms with Crippen LogP contribution in [0.2, 0.25) is 0 Å². The van der Waals surface area contributed by atoms with Gasteiger partial charge in [-0.15, -0.1) is 11.8 Å². The molecule has 1 heterocycles. The summed E-state index contributed by atoms with van der Waals surface area (Å²) in [5.74, 6) is 2.60. The molecule has 17 heavy (non-hydrogen) atoms. The number of carboxylic acids is 1. The number of carboxylic acid groups (broad SMARTS) is 1. The molecule has 0 radical (unpaired) electrons. The third-order valence-corrected chi connectivity index (χ3v) is 7.40. The van der Waals surface area contributed by atoms with Gasteiger partial charge in [0.25, 0.3) is 0 Å². The molecule has 3 unspecified atom stereocenters. The molecule has 5 atom stereocenters. The zero-order valence-corrected chi connectivity index (χ0v) is 10.8. The number of nitrogens with one attached hydrogen (secondary N) is 1.